The lowest BCUT2D eigenvalue weighted by molar-refractivity contribution is -0.132. The number of aliphatic hydroxyl groups excluding tert-OH is 1. The number of hydrogen-bond donors (Lipinski definition) is 1. The predicted molar refractivity (Wildman–Crippen MR) is 116 cm³/mol. The third-order valence-electron chi connectivity index (χ3n) is 5.63. The van der Waals surface area contributed by atoms with Crippen LogP contribution in [0.4, 0.5) is 5.69 Å². The Labute approximate surface area is 179 Å². The number of aryl methyl sites for hydroxylation is 1. The molecule has 2 aromatic carbocycles. The second-order valence-electron chi connectivity index (χ2n) is 7.53. The van der Waals surface area contributed by atoms with E-state index in [-0.39, 0.29) is 11.3 Å². The van der Waals surface area contributed by atoms with Gasteiger partial charge < -0.3 is 9.84 Å². The molecule has 1 saturated heterocycles. The fraction of sp³-hybridized carbons (Fsp3) is 0.160. The zero-order valence-corrected chi connectivity index (χ0v) is 16.7. The van der Waals surface area contributed by atoms with E-state index in [2.05, 4.69) is 4.98 Å². The van der Waals surface area contributed by atoms with E-state index in [0.717, 1.165) is 24.2 Å². The zero-order valence-electron chi connectivity index (χ0n) is 16.7. The van der Waals surface area contributed by atoms with Crippen LogP contribution in [0, 0.1) is 0 Å². The topological polar surface area (TPSA) is 79.7 Å². The van der Waals surface area contributed by atoms with E-state index < -0.39 is 17.7 Å². The molecule has 6 nitrogen and oxygen atoms in total. The van der Waals surface area contributed by atoms with Gasteiger partial charge in [0.25, 0.3) is 11.7 Å². The number of ether oxygens (including phenoxy) is 1. The Morgan fingerprint density at radius 1 is 1.03 bits per heavy atom. The number of Topliss-reactive ketones (excluding diaryl/α,β-unsaturated/α-hetero) is 1. The lowest BCUT2D eigenvalue weighted by Gasteiger charge is -2.24. The van der Waals surface area contributed by atoms with Crippen LogP contribution in [0.5, 0.6) is 5.75 Å². The van der Waals surface area contributed by atoms with Crippen molar-refractivity contribution >= 4 is 23.1 Å². The second kappa shape index (κ2) is 7.72. The summed E-state index contributed by atoms with van der Waals surface area (Å²) in [5.74, 6) is -0.842. The molecule has 1 fully saturated rings. The molecule has 2 aliphatic rings. The molecule has 154 valence electrons. The van der Waals surface area contributed by atoms with Crippen molar-refractivity contribution in [2.24, 2.45) is 0 Å². The smallest absolute Gasteiger partial charge is 0.300 e. The quantitative estimate of drug-likeness (QED) is 0.399. The summed E-state index contributed by atoms with van der Waals surface area (Å²) in [6.45, 7) is 0.667. The summed E-state index contributed by atoms with van der Waals surface area (Å²) >= 11 is 0. The number of ketones is 1. The largest absolute Gasteiger partial charge is 0.507 e. The molecule has 0 bridgehead atoms. The predicted octanol–water partition coefficient (Wildman–Crippen LogP) is 4.03. The molecule has 5 rings (SSSR count). The van der Waals surface area contributed by atoms with Crippen molar-refractivity contribution < 1.29 is 19.4 Å². The highest BCUT2D eigenvalue weighted by atomic mass is 16.5. The van der Waals surface area contributed by atoms with Crippen LogP contribution in [0.1, 0.15) is 29.3 Å². The minimum atomic E-state index is -0.823. The Morgan fingerprint density at radius 3 is 2.61 bits per heavy atom. The summed E-state index contributed by atoms with van der Waals surface area (Å²) in [6.07, 6.45) is 3.33. The number of carbonyl (C=O) groups excluding carboxylic acids is 2. The maximum absolute atomic E-state index is 13.1. The summed E-state index contributed by atoms with van der Waals surface area (Å²) in [6, 6.07) is 18.8. The van der Waals surface area contributed by atoms with Crippen molar-refractivity contribution in [2.45, 2.75) is 18.9 Å². The minimum absolute atomic E-state index is 0.0317. The molecular formula is C25H20N2O4. The van der Waals surface area contributed by atoms with E-state index in [9.17, 15) is 14.7 Å². The highest BCUT2D eigenvalue weighted by molar-refractivity contribution is 6.51. The average Bonchev–Trinajstić information content (AvgIpc) is 3.10. The van der Waals surface area contributed by atoms with Gasteiger partial charge in [0.05, 0.1) is 17.9 Å². The molecule has 0 spiro atoms. The Hall–Kier alpha value is -3.93. The summed E-state index contributed by atoms with van der Waals surface area (Å²) < 4.78 is 5.65. The van der Waals surface area contributed by atoms with Gasteiger partial charge in [-0.3, -0.25) is 19.5 Å². The third kappa shape index (κ3) is 3.26. The highest BCUT2D eigenvalue weighted by Gasteiger charge is 2.47. The SMILES string of the molecule is O=C1C(=O)N(c2ccccc2)C(c2ccccn2)/C1=C(/O)c1ccc2c(c1)CCCO2. The summed E-state index contributed by atoms with van der Waals surface area (Å²) in [7, 11) is 0. The minimum Gasteiger partial charge on any atom is -0.507 e. The number of aromatic nitrogens is 1. The van der Waals surface area contributed by atoms with Gasteiger partial charge in [0.15, 0.2) is 0 Å². The molecule has 2 aliphatic heterocycles. The maximum atomic E-state index is 13.1. The number of fused-ring (bicyclic) bond motifs is 1. The molecule has 1 unspecified atom stereocenters. The number of carbonyl (C=O) groups is 2. The van der Waals surface area contributed by atoms with Crippen LogP contribution >= 0.6 is 0 Å². The first-order chi connectivity index (χ1) is 15.1. The van der Waals surface area contributed by atoms with E-state index in [1.165, 1.54) is 4.90 Å². The van der Waals surface area contributed by atoms with Gasteiger partial charge in [0.2, 0.25) is 0 Å². The van der Waals surface area contributed by atoms with Crippen LogP contribution < -0.4 is 9.64 Å². The van der Waals surface area contributed by atoms with Gasteiger partial charge in [-0.15, -0.1) is 0 Å². The summed E-state index contributed by atoms with van der Waals surface area (Å²) in [4.78, 5) is 32.0. The second-order valence-corrected chi connectivity index (χ2v) is 7.53. The first kappa shape index (κ1) is 19.1. The van der Waals surface area contributed by atoms with Crippen molar-refractivity contribution in [3.8, 4) is 5.75 Å². The van der Waals surface area contributed by atoms with Gasteiger partial charge in [-0.25, -0.2) is 0 Å². The van der Waals surface area contributed by atoms with Gasteiger partial charge in [0, 0.05) is 17.4 Å². The zero-order chi connectivity index (χ0) is 21.4. The Bertz CT molecular complexity index is 1190. The Kier molecular flexibility index (Phi) is 4.75. The van der Waals surface area contributed by atoms with E-state index in [4.69, 9.17) is 4.74 Å². The highest BCUT2D eigenvalue weighted by Crippen LogP contribution is 2.41. The number of benzene rings is 2. The Morgan fingerprint density at radius 2 is 1.84 bits per heavy atom. The first-order valence-corrected chi connectivity index (χ1v) is 10.2. The standard InChI is InChI=1S/C25H20N2O4/c28-23(17-11-12-20-16(15-17)7-6-14-31-20)21-22(19-10-4-5-13-26-19)27(25(30)24(21)29)18-8-2-1-3-9-18/h1-5,8-13,15,22,28H,6-7,14H2/b23-21-. The fourth-order valence-electron chi connectivity index (χ4n) is 4.17. The lowest BCUT2D eigenvalue weighted by Crippen LogP contribution is -2.29. The monoisotopic (exact) mass is 412 g/mol. The van der Waals surface area contributed by atoms with Crippen LogP contribution in [0.3, 0.4) is 0 Å². The van der Waals surface area contributed by atoms with E-state index >= 15 is 0 Å². The number of rotatable bonds is 3. The maximum Gasteiger partial charge on any atom is 0.300 e. The molecule has 3 aromatic rings. The molecule has 1 amide bonds. The number of nitrogens with zero attached hydrogens (tertiary/aromatic N) is 2. The normalized spacial score (nSPS) is 19.7. The lowest BCUT2D eigenvalue weighted by atomic mass is 9.96. The number of aliphatic hydroxyl groups is 1. The fourth-order valence-corrected chi connectivity index (χ4v) is 4.17. The molecule has 0 saturated carbocycles. The van der Waals surface area contributed by atoms with Gasteiger partial charge in [-0.2, -0.15) is 0 Å². The van der Waals surface area contributed by atoms with Gasteiger partial charge in [0.1, 0.15) is 17.6 Å². The van der Waals surface area contributed by atoms with Crippen LogP contribution in [0.15, 0.2) is 78.5 Å². The van der Waals surface area contributed by atoms with Crippen LogP contribution in [0.2, 0.25) is 0 Å². The van der Waals surface area contributed by atoms with Crippen LogP contribution in [-0.2, 0) is 16.0 Å². The van der Waals surface area contributed by atoms with Crippen molar-refractivity contribution in [1.82, 2.24) is 4.98 Å². The first-order valence-electron chi connectivity index (χ1n) is 10.2. The molecule has 0 radical (unpaired) electrons. The molecule has 31 heavy (non-hydrogen) atoms. The number of hydrogen-bond acceptors (Lipinski definition) is 5. The molecule has 0 aliphatic carbocycles. The van der Waals surface area contributed by atoms with E-state index in [1.807, 2.05) is 12.1 Å². The average molecular weight is 412 g/mol. The number of anilines is 1. The van der Waals surface area contributed by atoms with Crippen molar-refractivity contribution in [1.29, 1.82) is 0 Å². The van der Waals surface area contributed by atoms with Gasteiger partial charge in [-0.1, -0.05) is 24.3 Å². The van der Waals surface area contributed by atoms with Crippen LogP contribution in [0.25, 0.3) is 5.76 Å². The summed E-state index contributed by atoms with van der Waals surface area (Å²) in [5, 5.41) is 11.2. The molecule has 1 aromatic heterocycles. The molecule has 3 heterocycles. The summed E-state index contributed by atoms with van der Waals surface area (Å²) in [5.41, 5.74) is 2.56. The molecular weight excluding hydrogens is 392 g/mol. The van der Waals surface area contributed by atoms with Crippen LogP contribution in [-0.4, -0.2) is 28.4 Å². The molecule has 1 N–H and O–H groups in total. The number of pyridine rings is 1. The third-order valence-corrected chi connectivity index (χ3v) is 5.63. The number of amides is 1. The van der Waals surface area contributed by atoms with Crippen molar-refractivity contribution in [3.05, 3.63) is 95.3 Å². The molecule has 6 heteroatoms. The van der Waals surface area contributed by atoms with E-state index in [0.29, 0.717) is 23.6 Å². The van der Waals surface area contributed by atoms with Gasteiger partial charge in [-0.05, 0) is 60.9 Å². The number of para-hydroxylation sites is 1. The Balaban J connectivity index is 1.69. The molecule has 1 atom stereocenters. The van der Waals surface area contributed by atoms with Crippen molar-refractivity contribution in [2.75, 3.05) is 11.5 Å². The van der Waals surface area contributed by atoms with Crippen molar-refractivity contribution in [3.63, 3.8) is 0 Å². The van der Waals surface area contributed by atoms with E-state index in [1.54, 1.807) is 60.8 Å². The van der Waals surface area contributed by atoms with Gasteiger partial charge >= 0.3 is 0 Å².